The summed E-state index contributed by atoms with van der Waals surface area (Å²) >= 11 is 0. The molecule has 6 aromatic carbocycles. The van der Waals surface area contributed by atoms with Gasteiger partial charge in [0.05, 0.1) is 33.4 Å². The summed E-state index contributed by atoms with van der Waals surface area (Å²) in [5.74, 6) is -3.85. The van der Waals surface area contributed by atoms with Crippen molar-refractivity contribution in [2.24, 2.45) is 0 Å². The molecule has 0 aliphatic rings. The van der Waals surface area contributed by atoms with Crippen molar-refractivity contribution in [1.82, 2.24) is 0 Å². The molecule has 1 radical (unpaired) electrons. The monoisotopic (exact) mass is 1490 g/mol. The molecule has 106 heavy (non-hydrogen) atoms. The van der Waals surface area contributed by atoms with Crippen LogP contribution in [0.1, 0.15) is 378 Å². The first-order valence-electron chi connectivity index (χ1n) is 36.2. The molecule has 0 spiro atoms. The number of rotatable bonds is 9. The molecular weight excluding hydrogens is 1370 g/mol. The Morgan fingerprint density at radius 3 is 0.415 bits per heavy atom. The molecule has 581 valence electrons. The van der Waals surface area contributed by atoms with Crippen molar-refractivity contribution in [3.05, 3.63) is 173 Å². The van der Waals surface area contributed by atoms with Crippen LogP contribution in [0.25, 0.3) is 0 Å². The Kier molecular flexibility index (Phi) is 27.3. The van der Waals surface area contributed by atoms with E-state index in [1.165, 1.54) is 0 Å². The number of carbonyl (C=O) groups excluding carboxylic acids is 3. The van der Waals surface area contributed by atoms with Gasteiger partial charge in [0.1, 0.15) is 17.2 Å². The van der Waals surface area contributed by atoms with Gasteiger partial charge in [0.2, 0.25) is 0 Å². The average molecular weight is 1500 g/mol. The van der Waals surface area contributed by atoms with Gasteiger partial charge in [-0.05, 0) is 171 Å². The van der Waals surface area contributed by atoms with Crippen molar-refractivity contribution in [2.75, 3.05) is 0 Å². The first-order chi connectivity index (χ1) is 46.6. The SMILES string of the molecule is CC(C)(C)c1cc(C(=O)Oc2c(C(C)(C)C)cc(C(=O)O)cc2C(C)(C)C)cc(C(C)(C)C)c1[O-].CC(C)(C)c1cc(C(=O)Oc2c(C(C)(C)C)cc(C(=O)O)cc2C(C)(C)C)cc(C(C)(C)C)c1[O-].CC(C)(C)c1cc(C(=O)Oc2c(C(C)(C)C)cc(C(=O)O)cc2C(C)(C)C)cc(C(C)(C)C)c1[O-].[V]. The Morgan fingerprint density at radius 2 is 0.321 bits per heavy atom. The van der Waals surface area contributed by atoms with Gasteiger partial charge in [-0.2, -0.15) is 0 Å². The van der Waals surface area contributed by atoms with Gasteiger partial charge in [-0.1, -0.05) is 249 Å². The summed E-state index contributed by atoms with van der Waals surface area (Å²) in [5, 5.41) is 68.9. The molecule has 0 fully saturated rings. The van der Waals surface area contributed by atoms with Gasteiger partial charge in [0.15, 0.2) is 0 Å². The summed E-state index contributed by atoms with van der Waals surface area (Å²) in [6.45, 7) is 70.3. The Bertz CT molecular complexity index is 3670. The van der Waals surface area contributed by atoms with Crippen molar-refractivity contribution >= 4 is 35.8 Å². The van der Waals surface area contributed by atoms with Crippen molar-refractivity contribution in [3.8, 4) is 34.5 Å². The zero-order chi connectivity index (χ0) is 81.9. The number of carboxylic acids is 3. The van der Waals surface area contributed by atoms with Crippen LogP contribution in [0.3, 0.4) is 0 Å². The fourth-order valence-electron chi connectivity index (χ4n) is 12.0. The fraction of sp³-hybridized carbons (Fsp3) is 0.533. The maximum atomic E-state index is 13.6. The Morgan fingerprint density at radius 1 is 0.217 bits per heavy atom. The van der Waals surface area contributed by atoms with E-state index >= 15 is 0 Å². The maximum absolute atomic E-state index is 13.6. The molecule has 0 heterocycles. The number of carbonyl (C=O) groups is 6. The van der Waals surface area contributed by atoms with Gasteiger partial charge in [-0.15, -0.1) is 17.2 Å². The van der Waals surface area contributed by atoms with Gasteiger partial charge < -0.3 is 44.8 Å². The van der Waals surface area contributed by atoms with Gasteiger partial charge in [0, 0.05) is 51.9 Å². The minimum atomic E-state index is -1.03. The van der Waals surface area contributed by atoms with Crippen LogP contribution < -0.4 is 29.5 Å². The molecule has 0 unspecified atom stereocenters. The summed E-state index contributed by atoms with van der Waals surface area (Å²) in [4.78, 5) is 76.5. The van der Waals surface area contributed by atoms with Crippen molar-refractivity contribution < 1.29 is 92.2 Å². The van der Waals surface area contributed by atoms with Crippen LogP contribution in [0, 0.1) is 0 Å². The smallest absolute Gasteiger partial charge is 0.343 e. The van der Waals surface area contributed by atoms with E-state index in [1.54, 1.807) is 72.8 Å². The first kappa shape index (κ1) is 92.3. The Labute approximate surface area is 646 Å². The number of benzene rings is 6. The summed E-state index contributed by atoms with van der Waals surface area (Å²) in [7, 11) is 0. The molecule has 6 aromatic rings. The van der Waals surface area contributed by atoms with Crippen LogP contribution in [-0.2, 0) is 83.5 Å². The molecular formula is C90H123O15V-3. The van der Waals surface area contributed by atoms with E-state index < -0.39 is 101 Å². The fourth-order valence-corrected chi connectivity index (χ4v) is 12.0. The summed E-state index contributed by atoms with van der Waals surface area (Å²) in [6.07, 6.45) is 0. The van der Waals surface area contributed by atoms with E-state index in [1.807, 2.05) is 249 Å². The quantitative estimate of drug-likeness (QED) is 0.0898. The van der Waals surface area contributed by atoms with Crippen LogP contribution in [-0.4, -0.2) is 51.1 Å². The van der Waals surface area contributed by atoms with E-state index in [2.05, 4.69) is 0 Å². The predicted octanol–water partition coefficient (Wildman–Crippen LogP) is 20.6. The van der Waals surface area contributed by atoms with E-state index in [9.17, 15) is 59.4 Å². The molecule has 3 N–H and O–H groups in total. The molecule has 0 aromatic heterocycles. The number of aromatic carboxylic acids is 3. The molecule has 0 amide bonds. The van der Waals surface area contributed by atoms with Crippen LogP contribution in [0.5, 0.6) is 34.5 Å². The number of hydrogen-bond acceptors (Lipinski definition) is 12. The molecule has 0 atom stereocenters. The Hall–Kier alpha value is -7.88. The van der Waals surface area contributed by atoms with E-state index in [-0.39, 0.29) is 52.5 Å². The maximum Gasteiger partial charge on any atom is 0.343 e. The largest absolute Gasteiger partial charge is 0.872 e. The average Bonchev–Trinajstić information content (AvgIpc) is 0.775. The number of hydrogen-bond donors (Lipinski definition) is 3. The van der Waals surface area contributed by atoms with E-state index in [4.69, 9.17) is 14.2 Å². The first-order valence-corrected chi connectivity index (χ1v) is 36.2. The normalized spacial score (nSPS) is 12.9. The van der Waals surface area contributed by atoms with Crippen LogP contribution >= 0.6 is 0 Å². The second kappa shape index (κ2) is 31.4. The Balaban J connectivity index is 0.000000411. The minimum absolute atomic E-state index is 0. The third-order valence-electron chi connectivity index (χ3n) is 18.3. The summed E-state index contributed by atoms with van der Waals surface area (Å²) in [5.41, 5.74) is 2.99. The van der Waals surface area contributed by atoms with Gasteiger partial charge in [0.25, 0.3) is 0 Å². The molecule has 16 heteroatoms. The second-order valence-corrected chi connectivity index (χ2v) is 40.5. The zero-order valence-electron chi connectivity index (χ0n) is 70.6. The van der Waals surface area contributed by atoms with Crippen LogP contribution in [0.2, 0.25) is 0 Å². The second-order valence-electron chi connectivity index (χ2n) is 40.5. The molecule has 0 bridgehead atoms. The minimum Gasteiger partial charge on any atom is -0.872 e. The van der Waals surface area contributed by atoms with Gasteiger partial charge >= 0.3 is 35.8 Å². The third kappa shape index (κ3) is 22.6. The molecule has 0 aliphatic carbocycles. The molecule has 6 rings (SSSR count). The number of esters is 3. The molecule has 15 nitrogen and oxygen atoms in total. The van der Waals surface area contributed by atoms with E-state index in [0.717, 1.165) is 0 Å². The van der Waals surface area contributed by atoms with Crippen molar-refractivity contribution in [1.29, 1.82) is 0 Å². The van der Waals surface area contributed by atoms with Crippen molar-refractivity contribution in [2.45, 2.75) is 314 Å². The zero-order valence-corrected chi connectivity index (χ0v) is 72.0. The number of ether oxygens (including phenoxy) is 3. The number of carboxylic acid groups (broad SMARTS) is 3. The third-order valence-corrected chi connectivity index (χ3v) is 18.3. The topological polar surface area (TPSA) is 260 Å². The predicted molar refractivity (Wildman–Crippen MR) is 417 cm³/mol. The van der Waals surface area contributed by atoms with Crippen LogP contribution in [0.4, 0.5) is 0 Å². The van der Waals surface area contributed by atoms with Crippen LogP contribution in [0.15, 0.2) is 72.8 Å². The summed E-state index contributed by atoms with van der Waals surface area (Å²) in [6, 6.07) is 19.3. The summed E-state index contributed by atoms with van der Waals surface area (Å²) < 4.78 is 18.3. The molecule has 0 saturated carbocycles. The van der Waals surface area contributed by atoms with Gasteiger partial charge in [-0.3, -0.25) is 0 Å². The standard InChI is InChI=1S/3C30H42O5.V/c3*1-27(2,3)19-15-18(16-20(23(19)31)28(4,5)6)26(34)35-24-21(29(7,8)9)13-17(25(32)33)14-22(24)30(10,11)12;/h3*13-16,31H,1-12H3,(H,32,33);/p-3. The van der Waals surface area contributed by atoms with Gasteiger partial charge in [-0.25, -0.2) is 28.8 Å². The molecule has 0 aliphatic heterocycles. The van der Waals surface area contributed by atoms with Crippen molar-refractivity contribution in [3.63, 3.8) is 0 Å². The molecule has 0 saturated heterocycles. The van der Waals surface area contributed by atoms with E-state index in [0.29, 0.717) is 101 Å².